The number of rotatable bonds is 7. The first-order valence-electron chi connectivity index (χ1n) is 18.8. The van der Waals surface area contributed by atoms with Crippen molar-refractivity contribution in [3.05, 3.63) is 206 Å². The molecule has 0 N–H and O–H groups in total. The summed E-state index contributed by atoms with van der Waals surface area (Å²) in [5.41, 5.74) is 12.4. The van der Waals surface area contributed by atoms with Crippen molar-refractivity contribution in [2.24, 2.45) is 0 Å². The Bertz CT molecular complexity index is 2900. The summed E-state index contributed by atoms with van der Waals surface area (Å²) < 4.78 is 0. The highest BCUT2D eigenvalue weighted by Crippen LogP contribution is 2.40. The third kappa shape index (κ3) is 6.29. The first-order chi connectivity index (χ1) is 27.7. The molecule has 2 heterocycles. The molecule has 0 saturated carbocycles. The fourth-order valence-electron chi connectivity index (χ4n) is 7.57. The summed E-state index contributed by atoms with van der Waals surface area (Å²) in [7, 11) is 0. The molecule has 10 rings (SSSR count). The summed E-state index contributed by atoms with van der Waals surface area (Å²) in [6.07, 6.45) is 0. The van der Waals surface area contributed by atoms with E-state index in [4.69, 9.17) is 19.9 Å². The average Bonchev–Trinajstić information content (AvgIpc) is 3.29. The van der Waals surface area contributed by atoms with Crippen LogP contribution in [-0.2, 0) is 0 Å². The zero-order valence-corrected chi connectivity index (χ0v) is 30.4. The third-order valence-corrected chi connectivity index (χ3v) is 10.3. The maximum atomic E-state index is 5.30. The van der Waals surface area contributed by atoms with E-state index in [0.29, 0.717) is 17.5 Å². The molecule has 4 nitrogen and oxygen atoms in total. The molecule has 0 aliphatic rings. The SMILES string of the molecule is c1ccc(-c2cccc(-c3nc(-c4cccc(-c5ccccc5)c4)nc(-c4ccc5nc(-c6ccccc6)c6cccc(-c7ccccc7)c6c5c4)n3)c2)cc1. The van der Waals surface area contributed by atoms with E-state index in [-0.39, 0.29) is 0 Å². The lowest BCUT2D eigenvalue weighted by Gasteiger charge is -2.15. The number of benzene rings is 8. The van der Waals surface area contributed by atoms with E-state index in [2.05, 4.69) is 188 Å². The van der Waals surface area contributed by atoms with Crippen LogP contribution in [0, 0.1) is 0 Å². The van der Waals surface area contributed by atoms with Gasteiger partial charge in [-0.1, -0.05) is 176 Å². The second kappa shape index (κ2) is 14.3. The minimum atomic E-state index is 0.597. The van der Waals surface area contributed by atoms with Crippen LogP contribution in [-0.4, -0.2) is 19.9 Å². The summed E-state index contributed by atoms with van der Waals surface area (Å²) >= 11 is 0. The number of nitrogens with zero attached hydrogens (tertiary/aromatic N) is 4. The zero-order valence-electron chi connectivity index (χ0n) is 30.4. The first-order valence-corrected chi connectivity index (χ1v) is 18.8. The molecule has 0 unspecified atom stereocenters. The second-order valence-electron chi connectivity index (χ2n) is 13.9. The van der Waals surface area contributed by atoms with Gasteiger partial charge < -0.3 is 0 Å². The van der Waals surface area contributed by atoms with Gasteiger partial charge in [-0.25, -0.2) is 19.9 Å². The van der Waals surface area contributed by atoms with Crippen LogP contribution in [0.1, 0.15) is 0 Å². The molecule has 8 aromatic carbocycles. The van der Waals surface area contributed by atoms with Gasteiger partial charge in [0.2, 0.25) is 0 Å². The molecule has 0 aliphatic heterocycles. The first kappa shape index (κ1) is 33.0. The van der Waals surface area contributed by atoms with Gasteiger partial charge >= 0.3 is 0 Å². The van der Waals surface area contributed by atoms with Crippen molar-refractivity contribution in [2.45, 2.75) is 0 Å². The van der Waals surface area contributed by atoms with E-state index in [1.807, 2.05) is 18.2 Å². The highest BCUT2D eigenvalue weighted by Gasteiger charge is 2.18. The van der Waals surface area contributed by atoms with Gasteiger partial charge in [0.15, 0.2) is 17.5 Å². The standard InChI is InChI=1S/C52H34N4/c1-5-16-35(17-6-1)39-24-13-26-41(32-39)50-54-51(42-27-14-25-40(33-42)36-18-7-2-8-19-36)56-52(55-50)43-30-31-47-46(34-43)48-44(37-20-9-3-10-21-37)28-15-29-45(48)49(53-47)38-22-11-4-12-23-38/h1-34H. The summed E-state index contributed by atoms with van der Waals surface area (Å²) in [5.74, 6) is 1.82. The van der Waals surface area contributed by atoms with Gasteiger partial charge in [0.25, 0.3) is 0 Å². The van der Waals surface area contributed by atoms with E-state index >= 15 is 0 Å². The Morgan fingerprint density at radius 3 is 1.21 bits per heavy atom. The Balaban J connectivity index is 1.20. The van der Waals surface area contributed by atoms with Gasteiger partial charge in [-0.15, -0.1) is 0 Å². The maximum absolute atomic E-state index is 5.30. The Morgan fingerprint density at radius 2 is 0.679 bits per heavy atom. The molecule has 0 aliphatic carbocycles. The van der Waals surface area contributed by atoms with Crippen LogP contribution < -0.4 is 0 Å². The van der Waals surface area contributed by atoms with Crippen molar-refractivity contribution in [2.75, 3.05) is 0 Å². The molecule has 0 saturated heterocycles. The molecule has 2 aromatic heterocycles. The van der Waals surface area contributed by atoms with E-state index in [1.165, 1.54) is 0 Å². The lowest BCUT2D eigenvalue weighted by molar-refractivity contribution is 1.07. The number of pyridine rings is 1. The quantitative estimate of drug-likeness (QED) is 0.154. The van der Waals surface area contributed by atoms with Crippen molar-refractivity contribution in [3.8, 4) is 78.8 Å². The van der Waals surface area contributed by atoms with Gasteiger partial charge in [-0.2, -0.15) is 0 Å². The van der Waals surface area contributed by atoms with Crippen LogP contribution >= 0.6 is 0 Å². The van der Waals surface area contributed by atoms with Gasteiger partial charge in [0.1, 0.15) is 0 Å². The highest BCUT2D eigenvalue weighted by molar-refractivity contribution is 6.17. The van der Waals surface area contributed by atoms with E-state index in [0.717, 1.165) is 83.0 Å². The normalized spacial score (nSPS) is 11.2. The molecule has 56 heavy (non-hydrogen) atoms. The smallest absolute Gasteiger partial charge is 0.164 e. The largest absolute Gasteiger partial charge is 0.247 e. The van der Waals surface area contributed by atoms with Crippen LogP contribution in [0.25, 0.3) is 100 Å². The van der Waals surface area contributed by atoms with Gasteiger partial charge in [-0.3, -0.25) is 0 Å². The summed E-state index contributed by atoms with van der Waals surface area (Å²) in [6, 6.07) is 71.6. The maximum Gasteiger partial charge on any atom is 0.164 e. The van der Waals surface area contributed by atoms with Crippen molar-refractivity contribution in [3.63, 3.8) is 0 Å². The Kier molecular flexibility index (Phi) is 8.47. The second-order valence-corrected chi connectivity index (χ2v) is 13.9. The number of aromatic nitrogens is 4. The Morgan fingerprint density at radius 1 is 0.250 bits per heavy atom. The monoisotopic (exact) mass is 714 g/mol. The lowest BCUT2D eigenvalue weighted by Crippen LogP contribution is -2.01. The lowest BCUT2D eigenvalue weighted by atomic mass is 9.92. The minimum Gasteiger partial charge on any atom is -0.247 e. The fraction of sp³-hybridized carbons (Fsp3) is 0. The molecule has 10 aromatic rings. The highest BCUT2D eigenvalue weighted by atomic mass is 15.0. The zero-order chi connectivity index (χ0) is 37.3. The average molecular weight is 715 g/mol. The van der Waals surface area contributed by atoms with Crippen LogP contribution in [0.2, 0.25) is 0 Å². The molecule has 0 radical (unpaired) electrons. The van der Waals surface area contributed by atoms with Crippen LogP contribution in [0.15, 0.2) is 206 Å². The molecule has 4 heteroatoms. The minimum absolute atomic E-state index is 0.597. The summed E-state index contributed by atoms with van der Waals surface area (Å²) in [4.78, 5) is 20.9. The van der Waals surface area contributed by atoms with Gasteiger partial charge in [0, 0.05) is 38.4 Å². The van der Waals surface area contributed by atoms with Gasteiger partial charge in [-0.05, 0) is 63.7 Å². The number of fused-ring (bicyclic) bond motifs is 3. The fourth-order valence-corrected chi connectivity index (χ4v) is 7.57. The molecular weight excluding hydrogens is 681 g/mol. The summed E-state index contributed by atoms with van der Waals surface area (Å²) in [5, 5.41) is 3.28. The van der Waals surface area contributed by atoms with Crippen molar-refractivity contribution in [1.82, 2.24) is 19.9 Å². The summed E-state index contributed by atoms with van der Waals surface area (Å²) in [6.45, 7) is 0. The van der Waals surface area contributed by atoms with Crippen molar-refractivity contribution < 1.29 is 0 Å². The molecule has 262 valence electrons. The predicted octanol–water partition coefficient (Wildman–Crippen LogP) is 13.2. The van der Waals surface area contributed by atoms with E-state index in [1.54, 1.807) is 0 Å². The van der Waals surface area contributed by atoms with Crippen LogP contribution in [0.4, 0.5) is 0 Å². The number of hydrogen-bond donors (Lipinski definition) is 0. The molecule has 0 spiro atoms. The third-order valence-electron chi connectivity index (χ3n) is 10.3. The Hall–Kier alpha value is -7.56. The topological polar surface area (TPSA) is 51.6 Å². The van der Waals surface area contributed by atoms with Gasteiger partial charge in [0.05, 0.1) is 11.2 Å². The predicted molar refractivity (Wildman–Crippen MR) is 231 cm³/mol. The van der Waals surface area contributed by atoms with E-state index < -0.39 is 0 Å². The van der Waals surface area contributed by atoms with Crippen LogP contribution in [0.3, 0.4) is 0 Å². The van der Waals surface area contributed by atoms with Crippen molar-refractivity contribution >= 4 is 21.7 Å². The Labute approximate surface area is 325 Å². The molecule has 0 amide bonds. The molecule has 0 fully saturated rings. The van der Waals surface area contributed by atoms with Crippen molar-refractivity contribution in [1.29, 1.82) is 0 Å². The molecule has 0 atom stereocenters. The van der Waals surface area contributed by atoms with E-state index in [9.17, 15) is 0 Å². The van der Waals surface area contributed by atoms with Crippen LogP contribution in [0.5, 0.6) is 0 Å². The molecule has 0 bridgehead atoms. The molecular formula is C52H34N4. The number of hydrogen-bond acceptors (Lipinski definition) is 4.